The van der Waals surface area contributed by atoms with Gasteiger partial charge in [0.15, 0.2) is 11.6 Å². The number of fused-ring (bicyclic) bond motifs is 1. The molecule has 28 heavy (non-hydrogen) atoms. The quantitative estimate of drug-likeness (QED) is 0.695. The van der Waals surface area contributed by atoms with Crippen molar-refractivity contribution in [2.45, 2.75) is 12.5 Å². The standard InChI is InChI=1S/C19H13ClF2N4O2/c20-11-3-1-10(2-4-11)15-8-17-24-18(27)9-16(26(17)25-15)19(28)23-12-5-6-13(21)14(22)7-12/h1-8,16H,9H2,(H,23,28)(H,24,27)/t16-/m1/s1. The summed E-state index contributed by atoms with van der Waals surface area (Å²) >= 11 is 5.90. The Hall–Kier alpha value is -3.26. The van der Waals surface area contributed by atoms with E-state index in [2.05, 4.69) is 15.7 Å². The summed E-state index contributed by atoms with van der Waals surface area (Å²) in [6, 6.07) is 10.7. The van der Waals surface area contributed by atoms with E-state index in [1.807, 2.05) is 0 Å². The van der Waals surface area contributed by atoms with Gasteiger partial charge in [0.2, 0.25) is 11.8 Å². The van der Waals surface area contributed by atoms with Gasteiger partial charge in [0.05, 0.1) is 12.1 Å². The van der Waals surface area contributed by atoms with Gasteiger partial charge in [-0.15, -0.1) is 0 Å². The van der Waals surface area contributed by atoms with E-state index in [-0.39, 0.29) is 18.0 Å². The first-order valence-electron chi connectivity index (χ1n) is 8.32. The highest BCUT2D eigenvalue weighted by Gasteiger charge is 2.32. The Balaban J connectivity index is 1.63. The maximum Gasteiger partial charge on any atom is 0.249 e. The van der Waals surface area contributed by atoms with Crippen LogP contribution in [0.2, 0.25) is 5.02 Å². The third-order valence-corrected chi connectivity index (χ3v) is 4.56. The molecule has 0 radical (unpaired) electrons. The number of amides is 2. The van der Waals surface area contributed by atoms with E-state index < -0.39 is 23.6 Å². The molecule has 3 aromatic rings. The molecule has 0 fully saturated rings. The molecular weight excluding hydrogens is 390 g/mol. The number of anilines is 2. The Bertz CT molecular complexity index is 1080. The number of hydrogen-bond acceptors (Lipinski definition) is 3. The summed E-state index contributed by atoms with van der Waals surface area (Å²) in [7, 11) is 0. The third kappa shape index (κ3) is 3.46. The van der Waals surface area contributed by atoms with Crippen molar-refractivity contribution >= 4 is 34.9 Å². The molecule has 0 unspecified atom stereocenters. The highest BCUT2D eigenvalue weighted by atomic mass is 35.5. The normalized spacial score (nSPS) is 15.7. The van der Waals surface area contributed by atoms with Crippen molar-refractivity contribution in [2.75, 3.05) is 10.6 Å². The third-order valence-electron chi connectivity index (χ3n) is 4.31. The summed E-state index contributed by atoms with van der Waals surface area (Å²) in [5.74, 6) is -2.64. The SMILES string of the molecule is O=C1C[C@H](C(=O)Nc2ccc(F)c(F)c2)n2nc(-c3ccc(Cl)cc3)cc2N1. The fraction of sp³-hybridized carbons (Fsp3) is 0.105. The van der Waals surface area contributed by atoms with Crippen LogP contribution in [-0.2, 0) is 9.59 Å². The molecule has 0 aliphatic carbocycles. The van der Waals surface area contributed by atoms with Gasteiger partial charge in [-0.1, -0.05) is 23.7 Å². The summed E-state index contributed by atoms with van der Waals surface area (Å²) in [6.07, 6.45) is -0.135. The van der Waals surface area contributed by atoms with Crippen LogP contribution in [0.4, 0.5) is 20.3 Å². The van der Waals surface area contributed by atoms with Gasteiger partial charge >= 0.3 is 0 Å². The van der Waals surface area contributed by atoms with E-state index >= 15 is 0 Å². The lowest BCUT2D eigenvalue weighted by molar-refractivity contribution is -0.125. The lowest BCUT2D eigenvalue weighted by atomic mass is 10.1. The van der Waals surface area contributed by atoms with E-state index in [4.69, 9.17) is 11.6 Å². The van der Waals surface area contributed by atoms with Crippen molar-refractivity contribution < 1.29 is 18.4 Å². The first-order valence-corrected chi connectivity index (χ1v) is 8.70. The molecule has 1 aromatic heterocycles. The molecule has 0 spiro atoms. The highest BCUT2D eigenvalue weighted by Crippen LogP contribution is 2.30. The predicted molar refractivity (Wildman–Crippen MR) is 99.9 cm³/mol. The number of carbonyl (C=O) groups excluding carboxylic acids is 2. The van der Waals surface area contributed by atoms with E-state index in [0.29, 0.717) is 16.5 Å². The number of halogens is 3. The molecule has 1 atom stereocenters. The molecule has 0 saturated heterocycles. The summed E-state index contributed by atoms with van der Waals surface area (Å²) in [5.41, 5.74) is 1.40. The number of hydrogen-bond donors (Lipinski definition) is 2. The largest absolute Gasteiger partial charge is 0.324 e. The van der Waals surface area contributed by atoms with E-state index in [1.54, 1.807) is 30.3 Å². The first-order chi connectivity index (χ1) is 13.4. The Morgan fingerprint density at radius 2 is 1.89 bits per heavy atom. The molecule has 2 amide bonds. The van der Waals surface area contributed by atoms with Crippen molar-refractivity contribution in [1.82, 2.24) is 9.78 Å². The summed E-state index contributed by atoms with van der Waals surface area (Å²) in [6.45, 7) is 0. The zero-order valence-corrected chi connectivity index (χ0v) is 15.0. The van der Waals surface area contributed by atoms with Gasteiger partial charge in [0.25, 0.3) is 0 Å². The number of rotatable bonds is 3. The average molecular weight is 403 g/mol. The second-order valence-corrected chi connectivity index (χ2v) is 6.69. The van der Waals surface area contributed by atoms with E-state index in [9.17, 15) is 18.4 Å². The van der Waals surface area contributed by atoms with Crippen LogP contribution in [0.3, 0.4) is 0 Å². The molecular formula is C19H13ClF2N4O2. The molecule has 1 aliphatic rings. The lowest BCUT2D eigenvalue weighted by Crippen LogP contribution is -2.35. The maximum absolute atomic E-state index is 13.4. The number of carbonyl (C=O) groups is 2. The van der Waals surface area contributed by atoms with Gasteiger partial charge in [0.1, 0.15) is 11.9 Å². The minimum atomic E-state index is -1.08. The van der Waals surface area contributed by atoms with Gasteiger partial charge in [-0.25, -0.2) is 13.5 Å². The van der Waals surface area contributed by atoms with E-state index in [1.165, 1.54) is 10.7 Å². The molecule has 142 valence electrons. The molecule has 1 aliphatic heterocycles. The zero-order chi connectivity index (χ0) is 19.8. The Labute approximate surface area is 163 Å². The molecule has 6 nitrogen and oxygen atoms in total. The minimum Gasteiger partial charge on any atom is -0.324 e. The van der Waals surface area contributed by atoms with Gasteiger partial charge in [-0.05, 0) is 24.3 Å². The van der Waals surface area contributed by atoms with Crippen LogP contribution in [0.25, 0.3) is 11.3 Å². The zero-order valence-electron chi connectivity index (χ0n) is 14.2. The van der Waals surface area contributed by atoms with Crippen LogP contribution in [-0.4, -0.2) is 21.6 Å². The van der Waals surface area contributed by atoms with Crippen LogP contribution < -0.4 is 10.6 Å². The van der Waals surface area contributed by atoms with Gasteiger partial charge in [-0.2, -0.15) is 5.10 Å². The lowest BCUT2D eigenvalue weighted by Gasteiger charge is -2.23. The van der Waals surface area contributed by atoms with Crippen LogP contribution >= 0.6 is 11.6 Å². The molecule has 2 N–H and O–H groups in total. The average Bonchev–Trinajstić information content (AvgIpc) is 3.08. The van der Waals surface area contributed by atoms with Gasteiger partial charge in [-0.3, -0.25) is 9.59 Å². The van der Waals surface area contributed by atoms with Crippen LogP contribution in [0, 0.1) is 11.6 Å². The second kappa shape index (κ2) is 7.05. The van der Waals surface area contributed by atoms with Gasteiger partial charge in [0, 0.05) is 28.4 Å². The minimum absolute atomic E-state index is 0.0847. The predicted octanol–water partition coefficient (Wildman–Crippen LogP) is 4.00. The van der Waals surface area contributed by atoms with E-state index in [0.717, 1.165) is 17.7 Å². The number of nitrogens with one attached hydrogen (secondary N) is 2. The maximum atomic E-state index is 13.4. The van der Waals surface area contributed by atoms with Crippen LogP contribution in [0.15, 0.2) is 48.5 Å². The molecule has 4 rings (SSSR count). The first kappa shape index (κ1) is 18.1. The van der Waals surface area contributed by atoms with Crippen LogP contribution in [0.1, 0.15) is 12.5 Å². The number of benzene rings is 2. The number of nitrogens with zero attached hydrogens (tertiary/aromatic N) is 2. The number of aromatic nitrogens is 2. The fourth-order valence-corrected chi connectivity index (χ4v) is 3.07. The highest BCUT2D eigenvalue weighted by molar-refractivity contribution is 6.30. The second-order valence-electron chi connectivity index (χ2n) is 6.25. The smallest absolute Gasteiger partial charge is 0.249 e. The van der Waals surface area contributed by atoms with Gasteiger partial charge < -0.3 is 10.6 Å². The summed E-state index contributed by atoms with van der Waals surface area (Å²) in [4.78, 5) is 24.7. The topological polar surface area (TPSA) is 76.0 Å². The van der Waals surface area contributed by atoms with Crippen molar-refractivity contribution in [3.8, 4) is 11.3 Å². The molecule has 0 bridgehead atoms. The Morgan fingerprint density at radius 3 is 2.61 bits per heavy atom. The van der Waals surface area contributed by atoms with Crippen molar-refractivity contribution in [2.24, 2.45) is 0 Å². The van der Waals surface area contributed by atoms with Crippen molar-refractivity contribution in [1.29, 1.82) is 0 Å². The van der Waals surface area contributed by atoms with Crippen molar-refractivity contribution in [3.63, 3.8) is 0 Å². The molecule has 0 saturated carbocycles. The molecule has 2 aromatic carbocycles. The Morgan fingerprint density at radius 1 is 1.14 bits per heavy atom. The fourth-order valence-electron chi connectivity index (χ4n) is 2.95. The van der Waals surface area contributed by atoms with Crippen molar-refractivity contribution in [3.05, 3.63) is 65.2 Å². The monoisotopic (exact) mass is 402 g/mol. The molecule has 2 heterocycles. The summed E-state index contributed by atoms with van der Waals surface area (Å²) in [5, 5.41) is 10.2. The van der Waals surface area contributed by atoms with Crippen LogP contribution in [0.5, 0.6) is 0 Å². The Kier molecular flexibility index (Phi) is 4.56. The molecule has 9 heteroatoms. The summed E-state index contributed by atoms with van der Waals surface area (Å²) < 4.78 is 27.8.